The van der Waals surface area contributed by atoms with Crippen molar-refractivity contribution in [2.24, 2.45) is 5.92 Å². The number of nitrogens with zero attached hydrogens (tertiary/aromatic N) is 3. The van der Waals surface area contributed by atoms with Crippen molar-refractivity contribution in [2.75, 3.05) is 6.61 Å². The molecule has 1 amide bonds. The summed E-state index contributed by atoms with van der Waals surface area (Å²) in [6.07, 6.45) is 4.24. The molecule has 28 heavy (non-hydrogen) atoms. The van der Waals surface area contributed by atoms with Gasteiger partial charge in [0, 0.05) is 17.9 Å². The van der Waals surface area contributed by atoms with Crippen molar-refractivity contribution in [1.29, 1.82) is 10.5 Å². The molecule has 7 heteroatoms. The van der Waals surface area contributed by atoms with Gasteiger partial charge in [0.15, 0.2) is 6.61 Å². The Bertz CT molecular complexity index is 881. The molecule has 1 aliphatic rings. The number of hydrogen-bond acceptors (Lipinski definition) is 5. The van der Waals surface area contributed by atoms with Crippen LogP contribution in [0.4, 0.5) is 0 Å². The average Bonchev–Trinajstić information content (AvgIpc) is 3.48. The fourth-order valence-electron chi connectivity index (χ4n) is 3.25. The minimum absolute atomic E-state index is 0.130. The van der Waals surface area contributed by atoms with Gasteiger partial charge in [-0.2, -0.15) is 10.5 Å². The lowest BCUT2D eigenvalue weighted by atomic mass is 9.98. The molecule has 1 aromatic rings. The molecule has 1 N–H and O–H groups in total. The third-order valence-electron chi connectivity index (χ3n) is 5.06. The van der Waals surface area contributed by atoms with Gasteiger partial charge in [0.2, 0.25) is 0 Å². The molecular formula is C21H26N4O3. The second kappa shape index (κ2) is 8.75. The van der Waals surface area contributed by atoms with E-state index in [1.807, 2.05) is 26.0 Å². The first-order chi connectivity index (χ1) is 13.3. The summed E-state index contributed by atoms with van der Waals surface area (Å²) in [5.41, 5.74) is 1.66. The van der Waals surface area contributed by atoms with E-state index in [1.54, 1.807) is 6.92 Å². The number of hydrogen-bond donors (Lipinski definition) is 1. The second-order valence-corrected chi connectivity index (χ2v) is 7.36. The van der Waals surface area contributed by atoms with Crippen molar-refractivity contribution in [3.63, 3.8) is 0 Å². The zero-order valence-electron chi connectivity index (χ0n) is 16.8. The molecule has 148 valence electrons. The Labute approximate surface area is 165 Å². The molecule has 0 spiro atoms. The Morgan fingerprint density at radius 3 is 2.61 bits per heavy atom. The van der Waals surface area contributed by atoms with Crippen LogP contribution in [0, 0.1) is 42.4 Å². The van der Waals surface area contributed by atoms with Crippen LogP contribution in [0.3, 0.4) is 0 Å². The van der Waals surface area contributed by atoms with E-state index in [9.17, 15) is 20.1 Å². The Morgan fingerprint density at radius 2 is 2.07 bits per heavy atom. The molecule has 0 bridgehead atoms. The van der Waals surface area contributed by atoms with Gasteiger partial charge >= 0.3 is 5.97 Å². The lowest BCUT2D eigenvalue weighted by molar-refractivity contribution is -0.144. The van der Waals surface area contributed by atoms with Gasteiger partial charge in [0.25, 0.3) is 5.91 Å². The number of esters is 1. The molecule has 0 aliphatic heterocycles. The molecule has 1 aromatic heterocycles. The summed E-state index contributed by atoms with van der Waals surface area (Å²) >= 11 is 0. The fraction of sp³-hybridized carbons (Fsp3) is 0.524. The predicted octanol–water partition coefficient (Wildman–Crippen LogP) is 2.77. The third kappa shape index (κ3) is 4.80. The highest BCUT2D eigenvalue weighted by atomic mass is 16.5. The van der Waals surface area contributed by atoms with Gasteiger partial charge in [0.1, 0.15) is 17.2 Å². The average molecular weight is 382 g/mol. The molecule has 1 fully saturated rings. The Kier molecular flexibility index (Phi) is 6.64. The summed E-state index contributed by atoms with van der Waals surface area (Å²) in [5.74, 6) is -1.28. The molecule has 1 aliphatic carbocycles. The highest BCUT2D eigenvalue weighted by Gasteiger charge is 2.43. The molecule has 0 aromatic carbocycles. The lowest BCUT2D eigenvalue weighted by Crippen LogP contribution is -2.48. The van der Waals surface area contributed by atoms with Crippen LogP contribution >= 0.6 is 0 Å². The molecule has 0 saturated heterocycles. The normalized spacial score (nSPS) is 15.9. The number of aromatic nitrogens is 1. The zero-order chi connectivity index (χ0) is 20.9. The number of carbonyl (C=O) groups is 2. The number of ether oxygens (including phenoxy) is 1. The van der Waals surface area contributed by atoms with Crippen molar-refractivity contribution in [3.8, 4) is 12.1 Å². The van der Waals surface area contributed by atoms with E-state index >= 15 is 0 Å². The van der Waals surface area contributed by atoms with Gasteiger partial charge in [-0.1, -0.05) is 6.92 Å². The van der Waals surface area contributed by atoms with Crippen molar-refractivity contribution in [3.05, 3.63) is 28.6 Å². The van der Waals surface area contributed by atoms with Crippen LogP contribution in [-0.4, -0.2) is 28.6 Å². The number of aryl methyl sites for hydroxylation is 1. The van der Waals surface area contributed by atoms with E-state index < -0.39 is 24.0 Å². The molecule has 1 saturated carbocycles. The third-order valence-corrected chi connectivity index (χ3v) is 5.06. The van der Waals surface area contributed by atoms with Crippen molar-refractivity contribution in [2.45, 2.75) is 59.0 Å². The molecular weight excluding hydrogens is 356 g/mol. The van der Waals surface area contributed by atoms with Gasteiger partial charge in [0.05, 0.1) is 6.07 Å². The fourth-order valence-corrected chi connectivity index (χ4v) is 3.25. The highest BCUT2D eigenvalue weighted by molar-refractivity contribution is 5.99. The number of nitriles is 2. The topological polar surface area (TPSA) is 108 Å². The Balaban J connectivity index is 2.03. The lowest BCUT2D eigenvalue weighted by Gasteiger charge is -2.22. The van der Waals surface area contributed by atoms with Crippen LogP contribution in [0.15, 0.2) is 11.6 Å². The van der Waals surface area contributed by atoms with E-state index in [-0.39, 0.29) is 11.5 Å². The smallest absolute Gasteiger partial charge is 0.349 e. The number of carbonyl (C=O) groups excluding carboxylic acids is 2. The first kappa shape index (κ1) is 21.2. The standard InChI is InChI=1S/C21H26N4O3/c1-5-8-25-14(2)9-16(15(25)3)10-17(11-22)20(27)28-12-19(26)24-21(4,13-23)18-6-7-18/h9-10,18H,5-8,12H2,1-4H3,(H,24,26)/b17-10+/t21-/m0/s1. The van der Waals surface area contributed by atoms with Gasteiger partial charge in [-0.25, -0.2) is 4.79 Å². The maximum Gasteiger partial charge on any atom is 0.349 e. The summed E-state index contributed by atoms with van der Waals surface area (Å²) in [6, 6.07) is 5.87. The quantitative estimate of drug-likeness (QED) is 0.422. The molecule has 2 rings (SSSR count). The van der Waals surface area contributed by atoms with E-state index in [0.29, 0.717) is 0 Å². The second-order valence-electron chi connectivity index (χ2n) is 7.36. The first-order valence-corrected chi connectivity index (χ1v) is 9.43. The largest absolute Gasteiger partial charge is 0.451 e. The van der Waals surface area contributed by atoms with Gasteiger partial charge < -0.3 is 14.6 Å². The summed E-state index contributed by atoms with van der Waals surface area (Å²) in [6.45, 7) is 7.98. The monoisotopic (exact) mass is 382 g/mol. The molecule has 1 heterocycles. The molecule has 0 unspecified atom stereocenters. The van der Waals surface area contributed by atoms with E-state index in [4.69, 9.17) is 4.74 Å². The SMILES string of the molecule is CCCn1c(C)cc(/C=C(\C#N)C(=O)OCC(=O)N[C@@](C)(C#N)C2CC2)c1C. The van der Waals surface area contributed by atoms with Crippen LogP contribution in [0.1, 0.15) is 50.1 Å². The van der Waals surface area contributed by atoms with Crippen molar-refractivity contribution in [1.82, 2.24) is 9.88 Å². The molecule has 1 atom stereocenters. The summed E-state index contributed by atoms with van der Waals surface area (Å²) in [5, 5.41) is 21.2. The van der Waals surface area contributed by atoms with Gasteiger partial charge in [-0.05, 0) is 63.7 Å². The van der Waals surface area contributed by atoms with Gasteiger partial charge in [-0.15, -0.1) is 0 Å². The van der Waals surface area contributed by atoms with Crippen LogP contribution in [0.25, 0.3) is 6.08 Å². The maximum absolute atomic E-state index is 12.2. The van der Waals surface area contributed by atoms with Crippen LogP contribution in [-0.2, 0) is 20.9 Å². The van der Waals surface area contributed by atoms with Crippen molar-refractivity contribution >= 4 is 18.0 Å². The van der Waals surface area contributed by atoms with E-state index in [1.165, 1.54) is 6.08 Å². The van der Waals surface area contributed by atoms with Crippen LogP contribution in [0.2, 0.25) is 0 Å². The first-order valence-electron chi connectivity index (χ1n) is 9.43. The van der Waals surface area contributed by atoms with Crippen LogP contribution in [0.5, 0.6) is 0 Å². The number of rotatable bonds is 8. The Morgan fingerprint density at radius 1 is 1.39 bits per heavy atom. The minimum atomic E-state index is -0.950. The summed E-state index contributed by atoms with van der Waals surface area (Å²) < 4.78 is 7.11. The van der Waals surface area contributed by atoms with Crippen molar-refractivity contribution < 1.29 is 14.3 Å². The predicted molar refractivity (Wildman–Crippen MR) is 104 cm³/mol. The molecule has 7 nitrogen and oxygen atoms in total. The molecule has 0 radical (unpaired) electrons. The maximum atomic E-state index is 12.2. The Hall–Kier alpha value is -3.06. The summed E-state index contributed by atoms with van der Waals surface area (Å²) in [7, 11) is 0. The van der Waals surface area contributed by atoms with Crippen LogP contribution < -0.4 is 5.32 Å². The zero-order valence-corrected chi connectivity index (χ0v) is 16.8. The highest BCUT2D eigenvalue weighted by Crippen LogP contribution is 2.39. The minimum Gasteiger partial charge on any atom is -0.451 e. The van der Waals surface area contributed by atoms with Gasteiger partial charge in [-0.3, -0.25) is 4.79 Å². The van der Waals surface area contributed by atoms with E-state index in [0.717, 1.165) is 42.8 Å². The van der Waals surface area contributed by atoms with E-state index in [2.05, 4.69) is 22.9 Å². The number of nitrogens with one attached hydrogen (secondary N) is 1. The summed E-state index contributed by atoms with van der Waals surface area (Å²) in [4.78, 5) is 24.3. The number of amides is 1.